The zero-order valence-electron chi connectivity index (χ0n) is 13.3. The van der Waals surface area contributed by atoms with Crippen LogP contribution in [-0.2, 0) is 10.0 Å². The fourth-order valence-electron chi connectivity index (χ4n) is 2.23. The number of aromatic amines is 1. The SMILES string of the molecule is O=C(NNS(=O)(=O)c1cccc(Cl)c1)c1c(F)ccc(-c2ncc[nH]2)c1F. The number of hydrogen-bond acceptors (Lipinski definition) is 4. The van der Waals surface area contributed by atoms with Crippen molar-refractivity contribution in [1.82, 2.24) is 20.2 Å². The summed E-state index contributed by atoms with van der Waals surface area (Å²) in [6.07, 6.45) is 2.79. The first-order valence-electron chi connectivity index (χ1n) is 7.35. The molecule has 7 nitrogen and oxygen atoms in total. The molecule has 0 bridgehead atoms. The quantitative estimate of drug-likeness (QED) is 0.560. The molecular weight excluding hydrogens is 402 g/mol. The van der Waals surface area contributed by atoms with Gasteiger partial charge in [-0.1, -0.05) is 17.7 Å². The van der Waals surface area contributed by atoms with Crippen LogP contribution < -0.4 is 10.3 Å². The molecule has 140 valence electrons. The van der Waals surface area contributed by atoms with E-state index in [-0.39, 0.29) is 21.3 Å². The second-order valence-electron chi connectivity index (χ2n) is 5.24. The number of halogens is 3. The van der Waals surface area contributed by atoms with Crippen LogP contribution in [0.5, 0.6) is 0 Å². The molecule has 3 N–H and O–H groups in total. The monoisotopic (exact) mass is 412 g/mol. The van der Waals surface area contributed by atoms with E-state index < -0.39 is 33.1 Å². The molecule has 0 saturated heterocycles. The predicted molar refractivity (Wildman–Crippen MR) is 93.2 cm³/mol. The van der Waals surface area contributed by atoms with Gasteiger partial charge in [0.05, 0.1) is 10.5 Å². The van der Waals surface area contributed by atoms with Crippen molar-refractivity contribution in [2.24, 2.45) is 0 Å². The van der Waals surface area contributed by atoms with Crippen LogP contribution in [0.1, 0.15) is 10.4 Å². The first kappa shape index (κ1) is 19.0. The van der Waals surface area contributed by atoms with E-state index in [1.165, 1.54) is 30.6 Å². The zero-order chi connectivity index (χ0) is 19.6. The topological polar surface area (TPSA) is 104 Å². The van der Waals surface area contributed by atoms with E-state index >= 15 is 0 Å². The van der Waals surface area contributed by atoms with Gasteiger partial charge in [-0.05, 0) is 30.3 Å². The molecule has 27 heavy (non-hydrogen) atoms. The summed E-state index contributed by atoms with van der Waals surface area (Å²) in [5.41, 5.74) is 0.671. The lowest BCUT2D eigenvalue weighted by Crippen LogP contribution is -2.42. The predicted octanol–water partition coefficient (Wildman–Crippen LogP) is 2.63. The number of hydrogen-bond donors (Lipinski definition) is 3. The molecule has 0 aliphatic rings. The van der Waals surface area contributed by atoms with Crippen molar-refractivity contribution in [2.75, 3.05) is 0 Å². The molecule has 0 atom stereocenters. The van der Waals surface area contributed by atoms with Crippen LogP contribution in [0.2, 0.25) is 5.02 Å². The fraction of sp³-hybridized carbons (Fsp3) is 0. The summed E-state index contributed by atoms with van der Waals surface area (Å²) in [6.45, 7) is 0. The number of nitrogens with one attached hydrogen (secondary N) is 3. The normalized spacial score (nSPS) is 11.4. The number of nitrogens with zero attached hydrogens (tertiary/aromatic N) is 1. The summed E-state index contributed by atoms with van der Waals surface area (Å²) in [5.74, 6) is -3.59. The van der Waals surface area contributed by atoms with E-state index in [0.29, 0.717) is 0 Å². The highest BCUT2D eigenvalue weighted by molar-refractivity contribution is 7.89. The van der Waals surface area contributed by atoms with Gasteiger partial charge >= 0.3 is 0 Å². The molecule has 0 spiro atoms. The van der Waals surface area contributed by atoms with Gasteiger partial charge in [-0.3, -0.25) is 10.2 Å². The number of hydrazine groups is 1. The molecule has 11 heteroatoms. The first-order valence-corrected chi connectivity index (χ1v) is 9.21. The average molecular weight is 413 g/mol. The molecule has 3 rings (SSSR count). The lowest BCUT2D eigenvalue weighted by Gasteiger charge is -2.11. The van der Waals surface area contributed by atoms with Gasteiger partial charge in [0.1, 0.15) is 23.0 Å². The molecule has 1 amide bonds. The van der Waals surface area contributed by atoms with Gasteiger partial charge in [0.15, 0.2) is 0 Å². The summed E-state index contributed by atoms with van der Waals surface area (Å²) >= 11 is 5.73. The molecule has 0 aliphatic heterocycles. The Balaban J connectivity index is 1.86. The average Bonchev–Trinajstić information content (AvgIpc) is 3.14. The highest BCUT2D eigenvalue weighted by Crippen LogP contribution is 2.24. The minimum atomic E-state index is -4.19. The lowest BCUT2D eigenvalue weighted by atomic mass is 10.1. The van der Waals surface area contributed by atoms with Crippen molar-refractivity contribution in [1.29, 1.82) is 0 Å². The molecule has 0 radical (unpaired) electrons. The standard InChI is InChI=1S/C16H11ClF2N4O3S/c17-9-2-1-3-10(8-9)27(25,26)23-22-16(24)13-12(18)5-4-11(14(13)19)15-20-6-7-21-15/h1-8,23H,(H,20,21)(H,22,24). The third kappa shape index (κ3) is 3.97. The van der Waals surface area contributed by atoms with Crippen molar-refractivity contribution in [2.45, 2.75) is 4.90 Å². The van der Waals surface area contributed by atoms with Crippen LogP contribution >= 0.6 is 11.6 Å². The van der Waals surface area contributed by atoms with Gasteiger partial charge in [-0.15, -0.1) is 4.83 Å². The number of H-pyrrole nitrogens is 1. The van der Waals surface area contributed by atoms with E-state index in [1.807, 2.05) is 0 Å². The molecule has 0 aliphatic carbocycles. The van der Waals surface area contributed by atoms with Crippen molar-refractivity contribution in [3.05, 3.63) is 71.0 Å². The summed E-state index contributed by atoms with van der Waals surface area (Å²) in [6, 6.07) is 7.22. The van der Waals surface area contributed by atoms with Crippen molar-refractivity contribution >= 4 is 27.5 Å². The molecule has 1 heterocycles. The summed E-state index contributed by atoms with van der Waals surface area (Å²) in [7, 11) is -4.19. The minimum Gasteiger partial charge on any atom is -0.345 e. The number of rotatable bonds is 5. The highest BCUT2D eigenvalue weighted by atomic mass is 35.5. The van der Waals surface area contributed by atoms with E-state index in [2.05, 4.69) is 9.97 Å². The zero-order valence-corrected chi connectivity index (χ0v) is 14.9. The first-order chi connectivity index (χ1) is 12.8. The van der Waals surface area contributed by atoms with Crippen molar-refractivity contribution in [3.8, 4) is 11.4 Å². The van der Waals surface area contributed by atoms with E-state index in [9.17, 15) is 22.0 Å². The molecule has 0 unspecified atom stereocenters. The lowest BCUT2D eigenvalue weighted by molar-refractivity contribution is 0.0936. The molecule has 0 fully saturated rings. The number of imidazole rings is 1. The van der Waals surface area contributed by atoms with Gasteiger partial charge in [-0.2, -0.15) is 0 Å². The second kappa shape index (κ2) is 7.43. The fourth-order valence-corrected chi connectivity index (χ4v) is 3.36. The van der Waals surface area contributed by atoms with Crippen molar-refractivity contribution in [3.63, 3.8) is 0 Å². The van der Waals surface area contributed by atoms with Crippen LogP contribution in [0.25, 0.3) is 11.4 Å². The number of amides is 1. The van der Waals surface area contributed by atoms with E-state index in [4.69, 9.17) is 11.6 Å². The highest BCUT2D eigenvalue weighted by Gasteiger charge is 2.24. The van der Waals surface area contributed by atoms with Gasteiger partial charge < -0.3 is 4.98 Å². The Kier molecular flexibility index (Phi) is 5.22. The van der Waals surface area contributed by atoms with Crippen LogP contribution in [0.4, 0.5) is 8.78 Å². The number of carbonyl (C=O) groups excluding carboxylic acids is 1. The summed E-state index contributed by atoms with van der Waals surface area (Å²) < 4.78 is 52.9. The Morgan fingerprint density at radius 3 is 2.63 bits per heavy atom. The van der Waals surface area contributed by atoms with Crippen LogP contribution in [-0.4, -0.2) is 24.3 Å². The molecule has 2 aromatic carbocycles. The Bertz CT molecular complexity index is 1100. The minimum absolute atomic E-state index is 0.0843. The molecule has 3 aromatic rings. The Labute approximate surface area is 157 Å². The maximum atomic E-state index is 14.6. The maximum Gasteiger partial charge on any atom is 0.272 e. The smallest absolute Gasteiger partial charge is 0.272 e. The van der Waals surface area contributed by atoms with Gasteiger partial charge in [-0.25, -0.2) is 22.2 Å². The van der Waals surface area contributed by atoms with Crippen LogP contribution in [0.3, 0.4) is 0 Å². The third-order valence-corrected chi connectivity index (χ3v) is 4.96. The second-order valence-corrected chi connectivity index (χ2v) is 7.36. The molecule has 0 saturated carbocycles. The Hall–Kier alpha value is -2.82. The number of carbonyl (C=O) groups is 1. The van der Waals surface area contributed by atoms with Gasteiger partial charge in [0, 0.05) is 17.4 Å². The van der Waals surface area contributed by atoms with E-state index in [1.54, 1.807) is 10.3 Å². The summed E-state index contributed by atoms with van der Waals surface area (Å²) in [5, 5.41) is 0.160. The van der Waals surface area contributed by atoms with Crippen LogP contribution in [0, 0.1) is 11.6 Å². The summed E-state index contributed by atoms with van der Waals surface area (Å²) in [4.78, 5) is 20.2. The molecular formula is C16H11ClF2N4O3S. The van der Waals surface area contributed by atoms with Gasteiger partial charge in [0.25, 0.3) is 15.9 Å². The largest absolute Gasteiger partial charge is 0.345 e. The molecule has 1 aromatic heterocycles. The number of aromatic nitrogens is 2. The Morgan fingerprint density at radius 1 is 1.19 bits per heavy atom. The van der Waals surface area contributed by atoms with E-state index in [0.717, 1.165) is 18.2 Å². The number of benzene rings is 2. The third-order valence-electron chi connectivity index (χ3n) is 3.48. The maximum absolute atomic E-state index is 14.6. The number of sulfonamides is 1. The van der Waals surface area contributed by atoms with Crippen LogP contribution in [0.15, 0.2) is 53.7 Å². The van der Waals surface area contributed by atoms with Crippen molar-refractivity contribution < 1.29 is 22.0 Å². The Morgan fingerprint density at radius 2 is 1.96 bits per heavy atom. The van der Waals surface area contributed by atoms with Gasteiger partial charge in [0.2, 0.25) is 0 Å².